The number of carbonyl (C=O) groups is 1. The molecule has 30 heavy (non-hydrogen) atoms. The first kappa shape index (κ1) is 21.3. The fourth-order valence-corrected chi connectivity index (χ4v) is 6.29. The highest BCUT2D eigenvalue weighted by atomic mass is 32.2. The molecule has 9 nitrogen and oxygen atoms in total. The lowest BCUT2D eigenvalue weighted by Gasteiger charge is -2.28. The van der Waals surface area contributed by atoms with Crippen molar-refractivity contribution in [2.45, 2.75) is 36.5 Å². The lowest BCUT2D eigenvalue weighted by atomic mass is 10.2. The predicted molar refractivity (Wildman–Crippen MR) is 113 cm³/mol. The molecule has 0 radical (unpaired) electrons. The molecule has 1 aliphatic carbocycles. The average molecular weight is 452 g/mol. The van der Waals surface area contributed by atoms with Crippen LogP contribution < -0.4 is 0 Å². The number of hydrogen-bond donors (Lipinski definition) is 0. The highest BCUT2D eigenvalue weighted by molar-refractivity contribution is 7.99. The molecule has 1 amide bonds. The van der Waals surface area contributed by atoms with E-state index in [0.717, 1.165) is 24.2 Å². The minimum absolute atomic E-state index is 0.0254. The van der Waals surface area contributed by atoms with Crippen LogP contribution in [0.2, 0.25) is 0 Å². The van der Waals surface area contributed by atoms with E-state index in [0.29, 0.717) is 30.8 Å². The molecule has 1 saturated heterocycles. The van der Waals surface area contributed by atoms with Gasteiger partial charge in [-0.05, 0) is 31.4 Å². The summed E-state index contributed by atoms with van der Waals surface area (Å²) in [6.07, 6.45) is 6.06. The number of carbonyl (C=O) groups excluding carboxylic acids is 1. The number of hydrogen-bond acceptors (Lipinski definition) is 8. The number of thioether (sulfide) groups is 1. The van der Waals surface area contributed by atoms with Crippen molar-refractivity contribution >= 4 is 27.5 Å². The van der Waals surface area contributed by atoms with E-state index < -0.39 is 9.84 Å². The smallest absolute Gasteiger partial charge is 0.233 e. The van der Waals surface area contributed by atoms with Crippen molar-refractivity contribution in [2.75, 3.05) is 37.5 Å². The van der Waals surface area contributed by atoms with Gasteiger partial charge in [-0.1, -0.05) is 11.8 Å². The van der Waals surface area contributed by atoms with E-state index in [9.17, 15) is 13.2 Å². The van der Waals surface area contributed by atoms with E-state index >= 15 is 0 Å². The molecule has 0 spiro atoms. The Bertz CT molecular complexity index is 992. The Morgan fingerprint density at radius 3 is 2.67 bits per heavy atom. The van der Waals surface area contributed by atoms with Gasteiger partial charge in [0.2, 0.25) is 5.91 Å². The SMILES string of the molecule is COCCN(C(=O)CSc1nnc(-c2ccncc2)n1C1CC1)[C@H]1CCS(=O)(=O)C1. The monoisotopic (exact) mass is 451 g/mol. The van der Waals surface area contributed by atoms with E-state index in [1.54, 1.807) is 24.4 Å². The largest absolute Gasteiger partial charge is 0.383 e. The highest BCUT2D eigenvalue weighted by Gasteiger charge is 2.35. The summed E-state index contributed by atoms with van der Waals surface area (Å²) in [4.78, 5) is 18.7. The van der Waals surface area contributed by atoms with E-state index in [1.165, 1.54) is 11.8 Å². The van der Waals surface area contributed by atoms with Crippen LogP contribution in [0.25, 0.3) is 11.4 Å². The number of aromatic nitrogens is 4. The van der Waals surface area contributed by atoms with Crippen molar-refractivity contribution in [2.24, 2.45) is 0 Å². The van der Waals surface area contributed by atoms with Crippen LogP contribution in [0.5, 0.6) is 0 Å². The summed E-state index contributed by atoms with van der Waals surface area (Å²) in [6.45, 7) is 0.755. The van der Waals surface area contributed by atoms with Gasteiger partial charge in [0.05, 0.1) is 23.9 Å². The highest BCUT2D eigenvalue weighted by Crippen LogP contribution is 2.41. The maximum atomic E-state index is 13.0. The molecule has 4 rings (SSSR count). The maximum Gasteiger partial charge on any atom is 0.233 e. The molecule has 2 aromatic heterocycles. The van der Waals surface area contributed by atoms with Crippen molar-refractivity contribution < 1.29 is 17.9 Å². The quantitative estimate of drug-likeness (QED) is 0.527. The van der Waals surface area contributed by atoms with E-state index in [-0.39, 0.29) is 29.2 Å². The van der Waals surface area contributed by atoms with Crippen LogP contribution in [-0.2, 0) is 19.4 Å². The van der Waals surface area contributed by atoms with Gasteiger partial charge in [0.1, 0.15) is 0 Å². The van der Waals surface area contributed by atoms with E-state index in [2.05, 4.69) is 19.7 Å². The molecule has 1 aliphatic heterocycles. The van der Waals surface area contributed by atoms with Gasteiger partial charge >= 0.3 is 0 Å². The molecular weight excluding hydrogens is 426 g/mol. The zero-order valence-electron chi connectivity index (χ0n) is 16.8. The lowest BCUT2D eigenvalue weighted by Crippen LogP contribution is -2.44. The Balaban J connectivity index is 1.48. The van der Waals surface area contributed by atoms with Crippen molar-refractivity contribution in [3.63, 3.8) is 0 Å². The second-order valence-electron chi connectivity index (χ2n) is 7.57. The maximum absolute atomic E-state index is 13.0. The Morgan fingerprint density at radius 2 is 2.03 bits per heavy atom. The molecule has 3 heterocycles. The van der Waals surface area contributed by atoms with Gasteiger partial charge < -0.3 is 9.64 Å². The predicted octanol–water partition coefficient (Wildman–Crippen LogP) is 1.43. The number of ether oxygens (including phenoxy) is 1. The van der Waals surface area contributed by atoms with Crippen LogP contribution in [0, 0.1) is 0 Å². The molecule has 0 aromatic carbocycles. The zero-order chi connectivity index (χ0) is 21.1. The minimum Gasteiger partial charge on any atom is -0.383 e. The summed E-state index contributed by atoms with van der Waals surface area (Å²) in [7, 11) is -1.51. The normalized spacial score (nSPS) is 20.4. The van der Waals surface area contributed by atoms with Crippen molar-refractivity contribution in [3.8, 4) is 11.4 Å². The first-order valence-corrected chi connectivity index (χ1v) is 12.8. The van der Waals surface area contributed by atoms with Crippen LogP contribution >= 0.6 is 11.8 Å². The molecule has 0 bridgehead atoms. The van der Waals surface area contributed by atoms with Crippen molar-refractivity contribution in [1.82, 2.24) is 24.6 Å². The molecule has 1 saturated carbocycles. The average Bonchev–Trinajstić information content (AvgIpc) is 3.39. The topological polar surface area (TPSA) is 107 Å². The van der Waals surface area contributed by atoms with Gasteiger partial charge in [-0.25, -0.2) is 8.42 Å². The van der Waals surface area contributed by atoms with Crippen LogP contribution in [0.1, 0.15) is 25.3 Å². The summed E-state index contributed by atoms with van der Waals surface area (Å²) in [5, 5.41) is 9.40. The minimum atomic E-state index is -3.08. The Hall–Kier alpha value is -1.98. The number of methoxy groups -OCH3 is 1. The van der Waals surface area contributed by atoms with Gasteiger partial charge in [-0.3, -0.25) is 14.3 Å². The molecule has 162 valence electrons. The van der Waals surface area contributed by atoms with E-state index in [4.69, 9.17) is 4.74 Å². The van der Waals surface area contributed by atoms with Crippen molar-refractivity contribution in [1.29, 1.82) is 0 Å². The van der Waals surface area contributed by atoms with E-state index in [1.807, 2.05) is 12.1 Å². The van der Waals surface area contributed by atoms with Crippen molar-refractivity contribution in [3.05, 3.63) is 24.5 Å². The first-order valence-electron chi connectivity index (χ1n) is 9.95. The summed E-state index contributed by atoms with van der Waals surface area (Å²) in [6, 6.07) is 3.86. The fraction of sp³-hybridized carbons (Fsp3) is 0.579. The van der Waals surface area contributed by atoms with Gasteiger partial charge in [0, 0.05) is 43.7 Å². The second-order valence-corrected chi connectivity index (χ2v) is 10.7. The molecule has 2 aromatic rings. The molecular formula is C19H25N5O4S2. The summed E-state index contributed by atoms with van der Waals surface area (Å²) >= 11 is 1.35. The third-order valence-corrected chi connectivity index (χ3v) is 8.02. The van der Waals surface area contributed by atoms with Crippen LogP contribution in [0.15, 0.2) is 29.7 Å². The fourth-order valence-electron chi connectivity index (χ4n) is 3.67. The Labute approximate surface area is 180 Å². The third-order valence-electron chi connectivity index (χ3n) is 5.35. The van der Waals surface area contributed by atoms with Crippen LogP contribution in [0.3, 0.4) is 0 Å². The number of nitrogens with zero attached hydrogens (tertiary/aromatic N) is 5. The van der Waals surface area contributed by atoms with Gasteiger partial charge in [0.15, 0.2) is 20.8 Å². The Morgan fingerprint density at radius 1 is 1.27 bits per heavy atom. The number of sulfone groups is 1. The molecule has 1 atom stereocenters. The Kier molecular flexibility index (Phi) is 6.40. The zero-order valence-corrected chi connectivity index (χ0v) is 18.4. The summed E-state index contributed by atoms with van der Waals surface area (Å²) in [5.41, 5.74) is 0.945. The number of pyridine rings is 1. The molecule has 2 aliphatic rings. The first-order chi connectivity index (χ1) is 14.5. The summed E-state index contributed by atoms with van der Waals surface area (Å²) in [5.74, 6) is 1.02. The lowest BCUT2D eigenvalue weighted by molar-refractivity contribution is -0.130. The van der Waals surface area contributed by atoms with Gasteiger partial charge in [-0.15, -0.1) is 10.2 Å². The second kappa shape index (κ2) is 9.03. The summed E-state index contributed by atoms with van der Waals surface area (Å²) < 4.78 is 31.0. The molecule has 0 unspecified atom stereocenters. The number of amides is 1. The molecule has 0 N–H and O–H groups in total. The number of rotatable bonds is 9. The van der Waals surface area contributed by atoms with Gasteiger partial charge in [-0.2, -0.15) is 0 Å². The van der Waals surface area contributed by atoms with Crippen LogP contribution in [-0.4, -0.2) is 82.5 Å². The molecule has 2 fully saturated rings. The van der Waals surface area contributed by atoms with Crippen LogP contribution in [0.4, 0.5) is 0 Å². The molecule has 11 heteroatoms. The third kappa shape index (κ3) is 4.84. The van der Waals surface area contributed by atoms with Gasteiger partial charge in [0.25, 0.3) is 0 Å². The standard InChI is InChI=1S/C19H25N5O4S2/c1-28-10-9-23(16-6-11-30(26,27)13-16)17(25)12-29-19-22-21-18(24(19)15-2-3-15)14-4-7-20-8-5-14/h4-5,7-8,15-16H,2-3,6,9-13H2,1H3/t16-/m0/s1.